The number of aromatic amines is 1. The number of hydrogen-bond acceptors (Lipinski definition) is 4. The number of carbonyl (C=O) groups excluding carboxylic acids is 1. The summed E-state index contributed by atoms with van der Waals surface area (Å²) in [5.74, 6) is -0.126. The topological polar surface area (TPSA) is 110 Å². The van der Waals surface area contributed by atoms with Gasteiger partial charge in [0.05, 0.1) is 10.9 Å². The highest BCUT2D eigenvalue weighted by atomic mass is 35.5. The van der Waals surface area contributed by atoms with Gasteiger partial charge in [-0.2, -0.15) is 0 Å². The molecular weight excluding hydrogens is 320 g/mol. The summed E-state index contributed by atoms with van der Waals surface area (Å²) in [6.45, 7) is 1.41. The molecule has 1 aromatic carbocycles. The van der Waals surface area contributed by atoms with E-state index in [-0.39, 0.29) is 31.3 Å². The fraction of sp³-hybridized carbons (Fsp3) is 0.400. The largest absolute Gasteiger partial charge is 0.356 e. The molecule has 126 valence electrons. The van der Waals surface area contributed by atoms with Crippen LogP contribution in [0.25, 0.3) is 10.9 Å². The van der Waals surface area contributed by atoms with Gasteiger partial charge in [-0.15, -0.1) is 12.4 Å². The van der Waals surface area contributed by atoms with E-state index in [1.165, 1.54) is 4.57 Å². The maximum atomic E-state index is 11.9. The number of nitrogens with two attached hydrogens (primary N) is 1. The lowest BCUT2D eigenvalue weighted by Crippen LogP contribution is -2.32. The van der Waals surface area contributed by atoms with Gasteiger partial charge in [-0.1, -0.05) is 12.1 Å². The summed E-state index contributed by atoms with van der Waals surface area (Å²) in [5.41, 5.74) is 5.00. The van der Waals surface area contributed by atoms with E-state index >= 15 is 0 Å². The predicted molar refractivity (Wildman–Crippen MR) is 92.0 cm³/mol. The zero-order valence-electron chi connectivity index (χ0n) is 12.7. The smallest absolute Gasteiger partial charge is 0.328 e. The standard InChI is InChI=1S/C15H20N4O3.ClH/c16-8-3-4-9-17-13(20)7-10-19-12-6-2-1-5-11(12)14(21)18-15(19)22;/h1-2,5-6H,3-4,7-10,16H2,(H,17,20)(H,18,21,22);1H. The molecule has 0 aliphatic rings. The summed E-state index contributed by atoms with van der Waals surface area (Å²) in [6, 6.07) is 6.84. The SMILES string of the molecule is Cl.NCCCCNC(=O)CCn1c(=O)[nH]c(=O)c2ccccc21. The van der Waals surface area contributed by atoms with Gasteiger partial charge in [0.25, 0.3) is 5.56 Å². The molecule has 23 heavy (non-hydrogen) atoms. The second kappa shape index (κ2) is 9.12. The van der Waals surface area contributed by atoms with Crippen LogP contribution >= 0.6 is 12.4 Å². The zero-order valence-corrected chi connectivity index (χ0v) is 13.5. The molecule has 0 atom stereocenters. The quantitative estimate of drug-likeness (QED) is 0.632. The van der Waals surface area contributed by atoms with E-state index in [1.807, 2.05) is 0 Å². The molecule has 0 fully saturated rings. The number of halogens is 1. The Morgan fingerprint density at radius 2 is 1.96 bits per heavy atom. The van der Waals surface area contributed by atoms with Crippen molar-refractivity contribution in [2.24, 2.45) is 5.73 Å². The number of rotatable bonds is 7. The van der Waals surface area contributed by atoms with E-state index in [0.29, 0.717) is 24.0 Å². The first-order chi connectivity index (χ1) is 10.6. The molecule has 8 heteroatoms. The third kappa shape index (κ3) is 4.94. The van der Waals surface area contributed by atoms with Crippen molar-refractivity contribution >= 4 is 29.2 Å². The lowest BCUT2D eigenvalue weighted by Gasteiger charge is -2.09. The first kappa shape index (κ1) is 18.9. The Bertz CT molecular complexity index is 769. The Morgan fingerprint density at radius 3 is 2.70 bits per heavy atom. The number of amides is 1. The van der Waals surface area contributed by atoms with Crippen molar-refractivity contribution in [2.45, 2.75) is 25.8 Å². The van der Waals surface area contributed by atoms with Crippen LogP contribution in [0.15, 0.2) is 33.9 Å². The number of H-pyrrole nitrogens is 1. The van der Waals surface area contributed by atoms with E-state index in [1.54, 1.807) is 24.3 Å². The Morgan fingerprint density at radius 1 is 1.22 bits per heavy atom. The minimum Gasteiger partial charge on any atom is -0.356 e. The van der Waals surface area contributed by atoms with E-state index in [4.69, 9.17) is 5.73 Å². The monoisotopic (exact) mass is 340 g/mol. The average Bonchev–Trinajstić information content (AvgIpc) is 2.51. The number of hydrogen-bond donors (Lipinski definition) is 3. The van der Waals surface area contributed by atoms with Crippen molar-refractivity contribution in [2.75, 3.05) is 13.1 Å². The molecule has 0 saturated heterocycles. The van der Waals surface area contributed by atoms with Gasteiger partial charge in [0.2, 0.25) is 5.91 Å². The third-order valence-corrected chi connectivity index (χ3v) is 3.42. The van der Waals surface area contributed by atoms with Crippen LogP contribution in [0, 0.1) is 0 Å². The number of aryl methyl sites for hydroxylation is 1. The van der Waals surface area contributed by atoms with Gasteiger partial charge in [-0.05, 0) is 31.5 Å². The Balaban J connectivity index is 0.00000264. The lowest BCUT2D eigenvalue weighted by atomic mass is 10.2. The van der Waals surface area contributed by atoms with E-state index in [2.05, 4.69) is 10.3 Å². The van der Waals surface area contributed by atoms with E-state index in [0.717, 1.165) is 12.8 Å². The second-order valence-electron chi connectivity index (χ2n) is 5.02. The van der Waals surface area contributed by atoms with Crippen molar-refractivity contribution in [1.82, 2.24) is 14.9 Å². The zero-order chi connectivity index (χ0) is 15.9. The van der Waals surface area contributed by atoms with Crippen molar-refractivity contribution in [3.8, 4) is 0 Å². The number of unbranched alkanes of at least 4 members (excludes halogenated alkanes) is 1. The molecule has 0 aliphatic carbocycles. The maximum Gasteiger partial charge on any atom is 0.328 e. The van der Waals surface area contributed by atoms with Gasteiger partial charge < -0.3 is 11.1 Å². The molecule has 0 aliphatic heterocycles. The number of nitrogens with one attached hydrogen (secondary N) is 2. The molecule has 2 rings (SSSR count). The van der Waals surface area contributed by atoms with Crippen LogP contribution in [-0.4, -0.2) is 28.5 Å². The lowest BCUT2D eigenvalue weighted by molar-refractivity contribution is -0.121. The second-order valence-corrected chi connectivity index (χ2v) is 5.02. The van der Waals surface area contributed by atoms with Crippen LogP contribution in [0.1, 0.15) is 19.3 Å². The molecule has 1 amide bonds. The number of fused-ring (bicyclic) bond motifs is 1. The van der Waals surface area contributed by atoms with Crippen LogP contribution in [0.5, 0.6) is 0 Å². The van der Waals surface area contributed by atoms with Gasteiger partial charge in [-0.3, -0.25) is 19.1 Å². The molecule has 0 radical (unpaired) electrons. The summed E-state index contributed by atoms with van der Waals surface area (Å²) in [4.78, 5) is 37.7. The van der Waals surface area contributed by atoms with Gasteiger partial charge in [0, 0.05) is 19.5 Å². The molecular formula is C15H21ClN4O3. The summed E-state index contributed by atoms with van der Waals surface area (Å²) in [5, 5.41) is 3.22. The summed E-state index contributed by atoms with van der Waals surface area (Å²) in [6.07, 6.45) is 1.88. The van der Waals surface area contributed by atoms with Crippen LogP contribution in [0.3, 0.4) is 0 Å². The number of para-hydroxylation sites is 1. The number of aromatic nitrogens is 2. The van der Waals surface area contributed by atoms with Gasteiger partial charge in [-0.25, -0.2) is 4.79 Å². The van der Waals surface area contributed by atoms with Crippen LogP contribution in [-0.2, 0) is 11.3 Å². The molecule has 0 unspecified atom stereocenters. The molecule has 0 bridgehead atoms. The predicted octanol–water partition coefficient (Wildman–Crippen LogP) is 0.357. The van der Waals surface area contributed by atoms with E-state index in [9.17, 15) is 14.4 Å². The van der Waals surface area contributed by atoms with Crippen molar-refractivity contribution in [3.63, 3.8) is 0 Å². The van der Waals surface area contributed by atoms with Gasteiger partial charge in [0.15, 0.2) is 0 Å². The normalized spacial score (nSPS) is 10.3. The number of benzene rings is 1. The van der Waals surface area contributed by atoms with Crippen molar-refractivity contribution in [3.05, 3.63) is 45.1 Å². The molecule has 2 aromatic rings. The third-order valence-electron chi connectivity index (χ3n) is 3.42. The Labute approximate surface area is 139 Å². The maximum absolute atomic E-state index is 11.9. The van der Waals surface area contributed by atoms with Crippen LogP contribution in [0.2, 0.25) is 0 Å². The fourth-order valence-electron chi connectivity index (χ4n) is 2.26. The molecule has 7 nitrogen and oxygen atoms in total. The Kier molecular flexibility index (Phi) is 7.50. The number of nitrogens with zero attached hydrogens (tertiary/aromatic N) is 1. The van der Waals surface area contributed by atoms with Gasteiger partial charge in [0.1, 0.15) is 0 Å². The average molecular weight is 341 g/mol. The molecule has 4 N–H and O–H groups in total. The van der Waals surface area contributed by atoms with Crippen LogP contribution < -0.4 is 22.3 Å². The van der Waals surface area contributed by atoms with Crippen molar-refractivity contribution in [1.29, 1.82) is 0 Å². The highest BCUT2D eigenvalue weighted by Gasteiger charge is 2.08. The molecule has 0 spiro atoms. The number of carbonyl (C=O) groups is 1. The molecule has 1 aromatic heterocycles. The summed E-state index contributed by atoms with van der Waals surface area (Å²) in [7, 11) is 0. The fourth-order valence-corrected chi connectivity index (χ4v) is 2.26. The van der Waals surface area contributed by atoms with Gasteiger partial charge >= 0.3 is 5.69 Å². The minimum atomic E-state index is -0.500. The highest BCUT2D eigenvalue weighted by Crippen LogP contribution is 2.06. The first-order valence-electron chi connectivity index (χ1n) is 7.32. The first-order valence-corrected chi connectivity index (χ1v) is 7.32. The summed E-state index contributed by atoms with van der Waals surface area (Å²) >= 11 is 0. The van der Waals surface area contributed by atoms with Crippen molar-refractivity contribution < 1.29 is 4.79 Å². The summed E-state index contributed by atoms with van der Waals surface area (Å²) < 4.78 is 1.41. The highest BCUT2D eigenvalue weighted by molar-refractivity contribution is 5.85. The molecule has 0 saturated carbocycles. The molecule has 1 heterocycles. The van der Waals surface area contributed by atoms with Crippen LogP contribution in [0.4, 0.5) is 0 Å². The van der Waals surface area contributed by atoms with E-state index < -0.39 is 11.2 Å². The minimum absolute atomic E-state index is 0. The Hall–Kier alpha value is -2.12.